The van der Waals surface area contributed by atoms with Crippen LogP contribution >= 0.6 is 15.9 Å². The number of alkyl halides is 1. The van der Waals surface area contributed by atoms with Gasteiger partial charge in [0.15, 0.2) is 0 Å². The number of hydrogen-bond donors (Lipinski definition) is 0. The highest BCUT2D eigenvalue weighted by molar-refractivity contribution is 9.09. The summed E-state index contributed by atoms with van der Waals surface area (Å²) in [5.74, 6) is 0.977. The molecule has 0 heterocycles. The highest BCUT2D eigenvalue weighted by Gasteiger charge is 2.31. The van der Waals surface area contributed by atoms with Gasteiger partial charge in [0.1, 0.15) is 0 Å². The van der Waals surface area contributed by atoms with Crippen molar-refractivity contribution in [1.29, 1.82) is 0 Å². The third kappa shape index (κ3) is 3.99. The van der Waals surface area contributed by atoms with Gasteiger partial charge < -0.3 is 4.90 Å². The van der Waals surface area contributed by atoms with Crippen LogP contribution in [0.4, 0.5) is 0 Å². The first kappa shape index (κ1) is 12.0. The van der Waals surface area contributed by atoms with Crippen molar-refractivity contribution in [2.45, 2.75) is 45.6 Å². The maximum Gasteiger partial charge on any atom is 0.222 e. The lowest BCUT2D eigenvalue weighted by atomic mass is 10.1. The smallest absolute Gasteiger partial charge is 0.222 e. The average molecular weight is 262 g/mol. The zero-order valence-electron chi connectivity index (χ0n) is 9.13. The van der Waals surface area contributed by atoms with Crippen LogP contribution in [0, 0.1) is 5.92 Å². The minimum atomic E-state index is 0.348. The summed E-state index contributed by atoms with van der Waals surface area (Å²) in [7, 11) is 0. The molecule has 1 amide bonds. The molecule has 2 nitrogen and oxygen atoms in total. The predicted molar refractivity (Wildman–Crippen MR) is 62.6 cm³/mol. The molecule has 0 aromatic heterocycles. The molecule has 0 aromatic rings. The van der Waals surface area contributed by atoms with E-state index in [4.69, 9.17) is 0 Å². The number of carbonyl (C=O) groups is 1. The Hall–Kier alpha value is -0.0500. The minimum Gasteiger partial charge on any atom is -0.339 e. The first-order chi connectivity index (χ1) is 6.65. The van der Waals surface area contributed by atoms with Crippen LogP contribution in [0.5, 0.6) is 0 Å². The number of nitrogens with zero attached hydrogens (tertiary/aromatic N) is 1. The van der Waals surface area contributed by atoms with Crippen molar-refractivity contribution >= 4 is 21.8 Å². The molecule has 82 valence electrons. The molecule has 1 aliphatic carbocycles. The topological polar surface area (TPSA) is 20.3 Å². The number of rotatable bonds is 6. The molecule has 1 fully saturated rings. The monoisotopic (exact) mass is 261 g/mol. The van der Waals surface area contributed by atoms with Gasteiger partial charge in [0.2, 0.25) is 5.91 Å². The maximum absolute atomic E-state index is 11.8. The molecule has 0 spiro atoms. The molecule has 1 aliphatic rings. The molecule has 1 saturated carbocycles. The van der Waals surface area contributed by atoms with Gasteiger partial charge in [-0.3, -0.25) is 4.79 Å². The van der Waals surface area contributed by atoms with Crippen LogP contribution in [0.25, 0.3) is 0 Å². The van der Waals surface area contributed by atoms with E-state index in [1.165, 1.54) is 12.8 Å². The van der Waals surface area contributed by atoms with Gasteiger partial charge >= 0.3 is 0 Å². The standard InChI is InChI=1S/C11H20BrNO/c1-9(2)3-6-11(14)13(8-7-12)10-4-5-10/h9-10H,3-8H2,1-2H3. The lowest BCUT2D eigenvalue weighted by Crippen LogP contribution is -2.34. The van der Waals surface area contributed by atoms with Crippen LogP contribution in [0.3, 0.4) is 0 Å². The summed E-state index contributed by atoms with van der Waals surface area (Å²) in [6, 6.07) is 0.562. The van der Waals surface area contributed by atoms with Crippen molar-refractivity contribution in [1.82, 2.24) is 4.90 Å². The summed E-state index contributed by atoms with van der Waals surface area (Å²) in [4.78, 5) is 13.9. The van der Waals surface area contributed by atoms with E-state index >= 15 is 0 Å². The Bertz CT molecular complexity index is 190. The van der Waals surface area contributed by atoms with Crippen LogP contribution in [0.15, 0.2) is 0 Å². The summed E-state index contributed by atoms with van der Waals surface area (Å²) in [5.41, 5.74) is 0. The number of amides is 1. The zero-order valence-corrected chi connectivity index (χ0v) is 10.7. The Kier molecular flexibility index (Phi) is 4.93. The first-order valence-electron chi connectivity index (χ1n) is 5.50. The molecule has 0 aromatic carbocycles. The van der Waals surface area contributed by atoms with E-state index in [-0.39, 0.29) is 0 Å². The molecule has 0 N–H and O–H groups in total. The van der Waals surface area contributed by atoms with Gasteiger partial charge in [-0.25, -0.2) is 0 Å². The lowest BCUT2D eigenvalue weighted by molar-refractivity contribution is -0.131. The second-order valence-corrected chi connectivity index (χ2v) is 5.23. The third-order valence-corrected chi connectivity index (χ3v) is 2.92. The van der Waals surface area contributed by atoms with Crippen LogP contribution < -0.4 is 0 Å². The summed E-state index contributed by atoms with van der Waals surface area (Å²) in [6.07, 6.45) is 4.16. The fourth-order valence-corrected chi connectivity index (χ4v) is 1.93. The number of halogens is 1. The second kappa shape index (κ2) is 5.74. The quantitative estimate of drug-likeness (QED) is 0.674. The van der Waals surface area contributed by atoms with E-state index in [0.717, 1.165) is 24.7 Å². The normalized spacial score (nSPS) is 16.0. The van der Waals surface area contributed by atoms with Gasteiger partial charge in [0.05, 0.1) is 0 Å². The van der Waals surface area contributed by atoms with E-state index in [2.05, 4.69) is 34.7 Å². The fourth-order valence-electron chi connectivity index (χ4n) is 1.54. The van der Waals surface area contributed by atoms with Crippen molar-refractivity contribution in [2.24, 2.45) is 5.92 Å². The van der Waals surface area contributed by atoms with E-state index < -0.39 is 0 Å². The van der Waals surface area contributed by atoms with Gasteiger partial charge in [-0.05, 0) is 25.2 Å². The van der Waals surface area contributed by atoms with Gasteiger partial charge in [-0.2, -0.15) is 0 Å². The molecule has 14 heavy (non-hydrogen) atoms. The summed E-state index contributed by atoms with van der Waals surface area (Å²) in [5, 5.41) is 0.900. The van der Waals surface area contributed by atoms with Crippen molar-refractivity contribution in [3.05, 3.63) is 0 Å². The average Bonchev–Trinajstić information content (AvgIpc) is 2.93. The van der Waals surface area contributed by atoms with Crippen molar-refractivity contribution < 1.29 is 4.79 Å². The number of hydrogen-bond acceptors (Lipinski definition) is 1. The summed E-state index contributed by atoms with van der Waals surface area (Å²) in [6.45, 7) is 5.21. The third-order valence-electron chi connectivity index (χ3n) is 2.57. The highest BCUT2D eigenvalue weighted by atomic mass is 79.9. The van der Waals surface area contributed by atoms with Crippen molar-refractivity contribution in [2.75, 3.05) is 11.9 Å². The fraction of sp³-hybridized carbons (Fsp3) is 0.909. The maximum atomic E-state index is 11.8. The molecule has 0 aliphatic heterocycles. The van der Waals surface area contributed by atoms with Crippen LogP contribution in [-0.4, -0.2) is 28.7 Å². The molecular weight excluding hydrogens is 242 g/mol. The van der Waals surface area contributed by atoms with Crippen molar-refractivity contribution in [3.63, 3.8) is 0 Å². The Morgan fingerprint density at radius 2 is 2.14 bits per heavy atom. The molecule has 0 atom stereocenters. The highest BCUT2D eigenvalue weighted by Crippen LogP contribution is 2.27. The predicted octanol–water partition coefficient (Wildman–Crippen LogP) is 2.81. The lowest BCUT2D eigenvalue weighted by Gasteiger charge is -2.21. The van der Waals surface area contributed by atoms with E-state index in [0.29, 0.717) is 17.9 Å². The first-order valence-corrected chi connectivity index (χ1v) is 6.62. The van der Waals surface area contributed by atoms with Gasteiger partial charge in [-0.1, -0.05) is 29.8 Å². The largest absolute Gasteiger partial charge is 0.339 e. The molecule has 0 saturated heterocycles. The van der Waals surface area contributed by atoms with Crippen molar-refractivity contribution in [3.8, 4) is 0 Å². The van der Waals surface area contributed by atoms with Gasteiger partial charge in [0, 0.05) is 24.3 Å². The van der Waals surface area contributed by atoms with Gasteiger partial charge in [0.25, 0.3) is 0 Å². The van der Waals surface area contributed by atoms with E-state index in [1.54, 1.807) is 0 Å². The van der Waals surface area contributed by atoms with E-state index in [9.17, 15) is 4.79 Å². The second-order valence-electron chi connectivity index (χ2n) is 4.44. The molecule has 0 radical (unpaired) electrons. The molecule has 1 rings (SSSR count). The molecule has 0 unspecified atom stereocenters. The summed E-state index contributed by atoms with van der Waals surface area (Å²) >= 11 is 3.40. The molecule has 3 heteroatoms. The number of carbonyl (C=O) groups excluding carboxylic acids is 1. The molecule has 0 bridgehead atoms. The Morgan fingerprint density at radius 3 is 2.57 bits per heavy atom. The Morgan fingerprint density at radius 1 is 1.50 bits per heavy atom. The summed E-state index contributed by atoms with van der Waals surface area (Å²) < 4.78 is 0. The zero-order chi connectivity index (χ0) is 10.6. The van der Waals surface area contributed by atoms with Gasteiger partial charge in [-0.15, -0.1) is 0 Å². The SMILES string of the molecule is CC(C)CCC(=O)N(CCBr)C1CC1. The molecular formula is C11H20BrNO. The Balaban J connectivity index is 2.30. The van der Waals surface area contributed by atoms with E-state index in [1.807, 2.05) is 0 Å². The van der Waals surface area contributed by atoms with Crippen LogP contribution in [0.2, 0.25) is 0 Å². The minimum absolute atomic E-state index is 0.348. The van der Waals surface area contributed by atoms with Crippen LogP contribution in [0.1, 0.15) is 39.5 Å². The Labute approximate surface area is 95.2 Å². The van der Waals surface area contributed by atoms with Crippen LogP contribution in [-0.2, 0) is 4.79 Å².